The number of ether oxygens (including phenoxy) is 2. The molecule has 0 bridgehead atoms. The molecule has 1 aliphatic carbocycles. The lowest BCUT2D eigenvalue weighted by atomic mass is 9.78. The monoisotopic (exact) mass is 608 g/mol. The molecular formula is C35H29ClN2O6. The summed E-state index contributed by atoms with van der Waals surface area (Å²) >= 11 is 6.41. The summed E-state index contributed by atoms with van der Waals surface area (Å²) in [4.78, 5) is 58.6. The number of hydrogen-bond acceptors (Lipinski definition) is 7. The molecule has 8 nitrogen and oxygen atoms in total. The molecule has 0 spiro atoms. The molecule has 4 aromatic rings. The van der Waals surface area contributed by atoms with Crippen LogP contribution in [0.3, 0.4) is 0 Å². The molecule has 3 unspecified atom stereocenters. The molecule has 2 amide bonds. The molecule has 44 heavy (non-hydrogen) atoms. The zero-order chi connectivity index (χ0) is 31.1. The van der Waals surface area contributed by atoms with Gasteiger partial charge in [-0.3, -0.25) is 19.3 Å². The van der Waals surface area contributed by atoms with E-state index in [1.165, 1.54) is 12.0 Å². The Morgan fingerprint density at radius 2 is 1.73 bits per heavy atom. The average Bonchev–Trinajstić information content (AvgIpc) is 3.31. The topological polar surface area (TPSA) is 103 Å². The number of pyridine rings is 1. The number of rotatable bonds is 7. The van der Waals surface area contributed by atoms with Crippen LogP contribution in [-0.2, 0) is 14.3 Å². The number of allylic oxidation sites excluding steroid dienone is 2. The Balaban J connectivity index is 1.29. The molecule has 0 saturated carbocycles. The summed E-state index contributed by atoms with van der Waals surface area (Å²) in [6.07, 6.45) is 4.53. The van der Waals surface area contributed by atoms with Gasteiger partial charge in [0.1, 0.15) is 5.75 Å². The van der Waals surface area contributed by atoms with Gasteiger partial charge in [-0.25, -0.2) is 9.78 Å². The third-order valence-electron chi connectivity index (χ3n) is 8.43. The molecule has 0 radical (unpaired) electrons. The van der Waals surface area contributed by atoms with Gasteiger partial charge in [0.25, 0.3) is 0 Å². The number of anilines is 1. The fraction of sp³-hybridized carbons (Fsp3) is 0.229. The predicted octanol–water partition coefficient (Wildman–Crippen LogP) is 6.61. The van der Waals surface area contributed by atoms with Crippen molar-refractivity contribution in [2.45, 2.75) is 20.3 Å². The van der Waals surface area contributed by atoms with E-state index in [2.05, 4.69) is 0 Å². The third-order valence-corrected chi connectivity index (χ3v) is 8.84. The second kappa shape index (κ2) is 11.7. The molecule has 1 aromatic heterocycles. The first-order valence-electron chi connectivity index (χ1n) is 14.3. The van der Waals surface area contributed by atoms with Gasteiger partial charge in [0.2, 0.25) is 11.8 Å². The number of aryl methyl sites for hydroxylation is 1. The van der Waals surface area contributed by atoms with Crippen LogP contribution in [0.5, 0.6) is 5.75 Å². The lowest BCUT2D eigenvalue weighted by molar-refractivity contribution is -0.122. The number of imide groups is 1. The molecular weight excluding hydrogens is 580 g/mol. The number of hydrogen-bond donors (Lipinski definition) is 0. The third kappa shape index (κ3) is 5.15. The summed E-state index contributed by atoms with van der Waals surface area (Å²) in [6, 6.07) is 18.5. The van der Waals surface area contributed by atoms with Gasteiger partial charge in [0.15, 0.2) is 12.4 Å². The minimum Gasteiger partial charge on any atom is -0.497 e. The second-order valence-corrected chi connectivity index (χ2v) is 11.5. The number of esters is 1. The molecule has 0 N–H and O–H groups in total. The Labute approximate surface area is 259 Å². The van der Waals surface area contributed by atoms with Crippen molar-refractivity contribution in [3.63, 3.8) is 0 Å². The minimum atomic E-state index is -0.683. The highest BCUT2D eigenvalue weighted by molar-refractivity contribution is 6.32. The maximum Gasteiger partial charge on any atom is 0.339 e. The largest absolute Gasteiger partial charge is 0.497 e. The standard InChI is InChI=1S/C35H29ClN2O6/c1-19-5-4-6-26-31(19)34(41)38(33(26)40)23-11-7-21(8-12-23)29-17-27(25-15-16-28(36)20(2)32(25)37-29)35(42)44-18-30(39)22-9-13-24(43-3)14-10-22/h4-5,7-17,19,26,31H,6,18H2,1-3H3. The van der Waals surface area contributed by atoms with Crippen molar-refractivity contribution in [2.24, 2.45) is 17.8 Å². The number of Topliss-reactive ketones (excluding diaryl/α,β-unsaturated/α-hetero) is 1. The van der Waals surface area contributed by atoms with E-state index >= 15 is 0 Å². The summed E-state index contributed by atoms with van der Waals surface area (Å²) in [5, 5.41) is 1.02. The number of benzene rings is 3. The molecule has 2 heterocycles. The first-order chi connectivity index (χ1) is 21.2. The first-order valence-corrected chi connectivity index (χ1v) is 14.6. The van der Waals surface area contributed by atoms with Crippen molar-refractivity contribution >= 4 is 51.8 Å². The Kier molecular flexibility index (Phi) is 7.78. The van der Waals surface area contributed by atoms with Gasteiger partial charge in [-0.15, -0.1) is 0 Å². The Morgan fingerprint density at radius 3 is 2.41 bits per heavy atom. The Hall–Kier alpha value is -4.82. The molecule has 6 rings (SSSR count). The van der Waals surface area contributed by atoms with Crippen LogP contribution < -0.4 is 9.64 Å². The van der Waals surface area contributed by atoms with Crippen molar-refractivity contribution in [3.8, 4) is 17.0 Å². The minimum absolute atomic E-state index is 0.00369. The zero-order valence-corrected chi connectivity index (χ0v) is 25.1. The van der Waals surface area contributed by atoms with E-state index in [-0.39, 0.29) is 40.9 Å². The van der Waals surface area contributed by atoms with Crippen LogP contribution in [-0.4, -0.2) is 42.3 Å². The smallest absolute Gasteiger partial charge is 0.339 e. The molecule has 1 aliphatic heterocycles. The van der Waals surface area contributed by atoms with Crippen LogP contribution in [0.4, 0.5) is 5.69 Å². The van der Waals surface area contributed by atoms with Crippen LogP contribution in [0, 0.1) is 24.7 Å². The molecule has 3 atom stereocenters. The number of methoxy groups -OCH3 is 1. The highest BCUT2D eigenvalue weighted by atomic mass is 35.5. The number of carbonyl (C=O) groups excluding carboxylic acids is 4. The van der Waals surface area contributed by atoms with Gasteiger partial charge in [-0.2, -0.15) is 0 Å². The SMILES string of the molecule is COc1ccc(C(=O)COC(=O)c2cc(-c3ccc(N4C(=O)C5CC=CC(C)C5C4=O)cc3)nc3c(C)c(Cl)ccc23)cc1. The summed E-state index contributed by atoms with van der Waals surface area (Å²) in [5.41, 5.74) is 3.43. The molecule has 2 aliphatic rings. The Bertz CT molecular complexity index is 1850. The molecule has 1 fully saturated rings. The van der Waals surface area contributed by atoms with Crippen molar-refractivity contribution in [2.75, 3.05) is 18.6 Å². The van der Waals surface area contributed by atoms with Gasteiger partial charge in [-0.1, -0.05) is 48.9 Å². The summed E-state index contributed by atoms with van der Waals surface area (Å²) in [6.45, 7) is 3.33. The first kappa shape index (κ1) is 29.3. The van der Waals surface area contributed by atoms with E-state index in [4.69, 9.17) is 26.1 Å². The lowest BCUT2D eigenvalue weighted by Gasteiger charge is -2.22. The summed E-state index contributed by atoms with van der Waals surface area (Å²) < 4.78 is 10.6. The fourth-order valence-corrected chi connectivity index (χ4v) is 6.13. The van der Waals surface area contributed by atoms with Crippen LogP contribution in [0.1, 0.15) is 39.6 Å². The molecule has 9 heteroatoms. The van der Waals surface area contributed by atoms with Gasteiger partial charge < -0.3 is 9.47 Å². The predicted molar refractivity (Wildman–Crippen MR) is 167 cm³/mol. The van der Waals surface area contributed by atoms with Gasteiger partial charge in [0.05, 0.1) is 41.4 Å². The van der Waals surface area contributed by atoms with E-state index in [0.29, 0.717) is 56.2 Å². The van der Waals surface area contributed by atoms with Crippen molar-refractivity contribution in [1.82, 2.24) is 4.98 Å². The molecule has 1 saturated heterocycles. The van der Waals surface area contributed by atoms with Crippen LogP contribution in [0.2, 0.25) is 5.02 Å². The van der Waals surface area contributed by atoms with Gasteiger partial charge >= 0.3 is 5.97 Å². The highest BCUT2D eigenvalue weighted by Gasteiger charge is 2.50. The summed E-state index contributed by atoms with van der Waals surface area (Å²) in [7, 11) is 1.54. The number of fused-ring (bicyclic) bond motifs is 2. The second-order valence-electron chi connectivity index (χ2n) is 11.1. The van der Waals surface area contributed by atoms with E-state index in [1.54, 1.807) is 66.7 Å². The maximum atomic E-state index is 13.4. The van der Waals surface area contributed by atoms with Gasteiger partial charge in [0, 0.05) is 21.5 Å². The van der Waals surface area contributed by atoms with E-state index in [1.807, 2.05) is 26.0 Å². The van der Waals surface area contributed by atoms with Crippen LogP contribution in [0.25, 0.3) is 22.2 Å². The number of nitrogens with zero attached hydrogens (tertiary/aromatic N) is 2. The number of halogens is 1. The lowest BCUT2D eigenvalue weighted by Crippen LogP contribution is -2.31. The summed E-state index contributed by atoms with van der Waals surface area (Å²) in [5.74, 6) is -1.51. The number of aromatic nitrogens is 1. The van der Waals surface area contributed by atoms with Crippen LogP contribution in [0.15, 0.2) is 78.9 Å². The molecule has 3 aromatic carbocycles. The van der Waals surface area contributed by atoms with Crippen molar-refractivity contribution < 1.29 is 28.7 Å². The van der Waals surface area contributed by atoms with E-state index < -0.39 is 12.6 Å². The maximum absolute atomic E-state index is 13.4. The number of ketones is 1. The zero-order valence-electron chi connectivity index (χ0n) is 24.4. The van der Waals surface area contributed by atoms with Gasteiger partial charge in [-0.05, 0) is 73.4 Å². The van der Waals surface area contributed by atoms with E-state index in [9.17, 15) is 19.2 Å². The number of amides is 2. The number of carbonyl (C=O) groups is 4. The quantitative estimate of drug-likeness (QED) is 0.101. The molecule has 222 valence electrons. The average molecular weight is 609 g/mol. The fourth-order valence-electron chi connectivity index (χ4n) is 5.97. The Morgan fingerprint density at radius 1 is 1.00 bits per heavy atom. The highest BCUT2D eigenvalue weighted by Crippen LogP contribution is 2.41. The van der Waals surface area contributed by atoms with Crippen molar-refractivity contribution in [3.05, 3.63) is 101 Å². The van der Waals surface area contributed by atoms with E-state index in [0.717, 1.165) is 0 Å². The normalized spacial score (nSPS) is 19.3. The van der Waals surface area contributed by atoms with Crippen molar-refractivity contribution in [1.29, 1.82) is 0 Å². The van der Waals surface area contributed by atoms with Crippen LogP contribution >= 0.6 is 11.6 Å².